The van der Waals surface area contributed by atoms with Crippen molar-refractivity contribution in [1.82, 2.24) is 31.6 Å². The lowest BCUT2D eigenvalue weighted by Gasteiger charge is -2.28. The third kappa shape index (κ3) is 15.1. The Morgan fingerprint density at radius 1 is 0.534 bits per heavy atom. The molecule has 4 aromatic rings. The number of rotatable bonds is 21. The summed E-state index contributed by atoms with van der Waals surface area (Å²) in [5.41, 5.74) is 2.22. The van der Waals surface area contributed by atoms with Crippen molar-refractivity contribution in [2.75, 3.05) is 5.32 Å². The number of hydrogen-bond donors (Lipinski definition) is 7. The first-order valence-electron chi connectivity index (χ1n) is 19.3. The molecule has 0 aliphatic carbocycles. The predicted octanol–water partition coefficient (Wildman–Crippen LogP) is 4.48. The topological polar surface area (TPSA) is 208 Å². The molecule has 0 aliphatic heterocycles. The van der Waals surface area contributed by atoms with E-state index in [1.807, 2.05) is 70.2 Å². The molecule has 0 fully saturated rings. The van der Waals surface area contributed by atoms with Crippen LogP contribution in [-0.2, 0) is 43.2 Å². The van der Waals surface area contributed by atoms with Gasteiger partial charge in [0.2, 0.25) is 23.6 Å². The van der Waals surface area contributed by atoms with E-state index in [4.69, 9.17) is 0 Å². The number of aliphatic carboxylic acids is 1. The summed E-state index contributed by atoms with van der Waals surface area (Å²) in [6.07, 6.45) is 2.16. The molecular weight excluding hydrogens is 759 g/mol. The molecule has 0 unspecified atom stereocenters. The molecule has 1 heterocycles. The molecule has 15 heteroatoms. The monoisotopic (exact) mass is 811 g/mol. The summed E-state index contributed by atoms with van der Waals surface area (Å²) in [6.45, 7) is 7.52. The summed E-state index contributed by atoms with van der Waals surface area (Å²) in [5.74, 6) is -3.94. The van der Waals surface area contributed by atoms with Gasteiger partial charge in [0.25, 0.3) is 0 Å². The summed E-state index contributed by atoms with van der Waals surface area (Å²) < 4.78 is 0. The van der Waals surface area contributed by atoms with E-state index in [0.29, 0.717) is 5.13 Å². The Kier molecular flexibility index (Phi) is 17.4. The van der Waals surface area contributed by atoms with Crippen molar-refractivity contribution in [3.63, 3.8) is 0 Å². The molecule has 0 radical (unpaired) electrons. The number of amides is 6. The second kappa shape index (κ2) is 22.6. The highest BCUT2D eigenvalue weighted by Gasteiger charge is 2.33. The maximum atomic E-state index is 14.2. The van der Waals surface area contributed by atoms with Gasteiger partial charge in [-0.1, -0.05) is 119 Å². The minimum absolute atomic E-state index is 0.0398. The molecule has 308 valence electrons. The van der Waals surface area contributed by atoms with Crippen LogP contribution in [-0.4, -0.2) is 75.9 Å². The van der Waals surface area contributed by atoms with Crippen molar-refractivity contribution in [2.24, 2.45) is 11.8 Å². The number of benzene rings is 3. The summed E-state index contributed by atoms with van der Waals surface area (Å²) >= 11 is 1.22. The first-order chi connectivity index (χ1) is 27.8. The Morgan fingerprint density at radius 3 is 1.28 bits per heavy atom. The largest absolute Gasteiger partial charge is 0.480 e. The highest BCUT2D eigenvalue weighted by atomic mass is 32.1. The lowest BCUT2D eigenvalue weighted by atomic mass is 9.98. The van der Waals surface area contributed by atoms with Crippen molar-refractivity contribution < 1.29 is 33.9 Å². The Bertz CT molecular complexity index is 1930. The predicted molar refractivity (Wildman–Crippen MR) is 223 cm³/mol. The molecule has 3 aromatic carbocycles. The molecule has 4 rings (SSSR count). The minimum atomic E-state index is -1.25. The van der Waals surface area contributed by atoms with Crippen LogP contribution in [0.4, 0.5) is 9.93 Å². The number of nitrogens with zero attached hydrogens (tertiary/aromatic N) is 1. The zero-order valence-corrected chi connectivity index (χ0v) is 34.0. The molecule has 0 aliphatic rings. The maximum Gasteiger partial charge on any atom is 0.326 e. The van der Waals surface area contributed by atoms with Gasteiger partial charge < -0.3 is 31.7 Å². The van der Waals surface area contributed by atoms with Gasteiger partial charge in [0.15, 0.2) is 5.13 Å². The molecule has 0 saturated heterocycles. The van der Waals surface area contributed by atoms with Gasteiger partial charge in [-0.15, -0.1) is 11.3 Å². The number of hydrogen-bond acceptors (Lipinski definition) is 8. The zero-order valence-electron chi connectivity index (χ0n) is 33.1. The molecule has 7 N–H and O–H groups in total. The molecule has 0 saturated carbocycles. The van der Waals surface area contributed by atoms with E-state index in [-0.39, 0.29) is 43.9 Å². The van der Waals surface area contributed by atoms with E-state index in [9.17, 15) is 33.9 Å². The van der Waals surface area contributed by atoms with Gasteiger partial charge in [0, 0.05) is 30.8 Å². The highest BCUT2D eigenvalue weighted by Crippen LogP contribution is 2.14. The highest BCUT2D eigenvalue weighted by molar-refractivity contribution is 7.13. The van der Waals surface area contributed by atoms with Crippen LogP contribution in [0.15, 0.2) is 103 Å². The van der Waals surface area contributed by atoms with Gasteiger partial charge in [0.05, 0.1) is 0 Å². The Morgan fingerprint density at radius 2 is 0.897 bits per heavy atom. The first-order valence-corrected chi connectivity index (χ1v) is 20.2. The first kappa shape index (κ1) is 44.6. The van der Waals surface area contributed by atoms with E-state index in [1.54, 1.807) is 53.9 Å². The fourth-order valence-electron chi connectivity index (χ4n) is 6.24. The zero-order chi connectivity index (χ0) is 42.0. The van der Waals surface area contributed by atoms with Crippen molar-refractivity contribution in [1.29, 1.82) is 0 Å². The van der Waals surface area contributed by atoms with E-state index in [0.717, 1.165) is 16.7 Å². The standard InChI is InChI=1S/C43H53N7O7S/c1-27(2)22-32(46-40(54)35(25-30-16-10-6-11-17-30)49-42(57)50-43-44-20-21-58-43)37(51)47-34(24-29-14-8-5-9-15-29)39(53)45-33(23-28(3)4)38(52)48-36(41(55)56)26-31-18-12-7-13-19-31/h5-21,27-28,32-36H,22-26H2,1-4H3,(H,45,53)(H,46,54)(H,47,51)(H,48,52)(H,55,56)(H2,44,49,50,57)/t32-,33-,34+,35+,36+/m1/s1. The second-order valence-electron chi connectivity index (χ2n) is 14.9. The third-order valence-electron chi connectivity index (χ3n) is 9.05. The third-order valence-corrected chi connectivity index (χ3v) is 9.74. The van der Waals surface area contributed by atoms with Crippen LogP contribution in [0.1, 0.15) is 57.2 Å². The molecule has 6 amide bonds. The Labute approximate surface area is 343 Å². The van der Waals surface area contributed by atoms with Gasteiger partial charge in [-0.3, -0.25) is 24.5 Å². The number of aromatic nitrogens is 1. The van der Waals surface area contributed by atoms with Crippen LogP contribution >= 0.6 is 11.3 Å². The smallest absolute Gasteiger partial charge is 0.326 e. The van der Waals surface area contributed by atoms with E-state index in [2.05, 4.69) is 36.9 Å². The Hall–Kier alpha value is -6.09. The Balaban J connectivity index is 1.55. The molecule has 14 nitrogen and oxygen atoms in total. The van der Waals surface area contributed by atoms with Crippen LogP contribution in [0.25, 0.3) is 0 Å². The average Bonchev–Trinajstić information content (AvgIpc) is 3.70. The van der Waals surface area contributed by atoms with Gasteiger partial charge in [-0.2, -0.15) is 0 Å². The number of nitrogens with one attached hydrogen (secondary N) is 6. The number of carbonyl (C=O) groups is 6. The lowest BCUT2D eigenvalue weighted by molar-refractivity contribution is -0.142. The van der Waals surface area contributed by atoms with E-state index >= 15 is 0 Å². The minimum Gasteiger partial charge on any atom is -0.480 e. The van der Waals surface area contributed by atoms with E-state index in [1.165, 1.54) is 17.5 Å². The van der Waals surface area contributed by atoms with Gasteiger partial charge in [0.1, 0.15) is 30.2 Å². The summed E-state index contributed by atoms with van der Waals surface area (Å²) in [5, 5.41) is 28.4. The van der Waals surface area contributed by atoms with Crippen molar-refractivity contribution in [3.05, 3.63) is 119 Å². The fraction of sp³-hybridized carbons (Fsp3) is 0.372. The number of thiazole rings is 1. The normalized spacial score (nSPS) is 13.6. The summed E-state index contributed by atoms with van der Waals surface area (Å²) in [7, 11) is 0. The quantitative estimate of drug-likeness (QED) is 0.0637. The molecule has 0 bridgehead atoms. The van der Waals surface area contributed by atoms with Crippen LogP contribution in [0, 0.1) is 11.8 Å². The molecule has 5 atom stereocenters. The van der Waals surface area contributed by atoms with Crippen LogP contribution in [0.5, 0.6) is 0 Å². The number of anilines is 1. The molecule has 1 aromatic heterocycles. The number of carboxylic acid groups (broad SMARTS) is 1. The van der Waals surface area contributed by atoms with Gasteiger partial charge >= 0.3 is 12.0 Å². The summed E-state index contributed by atoms with van der Waals surface area (Å²) in [6, 6.07) is 20.6. The lowest BCUT2D eigenvalue weighted by Crippen LogP contribution is -2.60. The van der Waals surface area contributed by atoms with Gasteiger partial charge in [-0.25, -0.2) is 14.6 Å². The SMILES string of the molecule is CC(C)C[C@@H](NC(=O)[C@H](Cc1ccccc1)NC(=O)[C@@H](CC(C)C)NC(=O)[C@H](Cc1ccccc1)NC(=O)Nc1nccs1)C(=O)N[C@@H](Cc1ccccc1)C(=O)O. The maximum absolute atomic E-state index is 14.2. The van der Waals surface area contributed by atoms with Crippen LogP contribution < -0.4 is 31.9 Å². The van der Waals surface area contributed by atoms with Crippen molar-refractivity contribution in [3.8, 4) is 0 Å². The molecule has 0 spiro atoms. The second-order valence-corrected chi connectivity index (χ2v) is 15.8. The fourth-order valence-corrected chi connectivity index (χ4v) is 6.76. The molecule has 58 heavy (non-hydrogen) atoms. The van der Waals surface area contributed by atoms with Gasteiger partial charge in [-0.05, 0) is 41.4 Å². The molecular formula is C43H53N7O7S. The average molecular weight is 812 g/mol. The number of carboxylic acids is 1. The van der Waals surface area contributed by atoms with Crippen molar-refractivity contribution in [2.45, 2.75) is 90.0 Å². The van der Waals surface area contributed by atoms with E-state index < -0.39 is 65.8 Å². The number of urea groups is 1. The van der Waals surface area contributed by atoms with Crippen LogP contribution in [0.3, 0.4) is 0 Å². The van der Waals surface area contributed by atoms with Crippen molar-refractivity contribution >= 4 is 52.1 Å². The number of carbonyl (C=O) groups excluding carboxylic acids is 5. The summed E-state index contributed by atoms with van der Waals surface area (Å²) in [4.78, 5) is 85.2. The van der Waals surface area contributed by atoms with Crippen LogP contribution in [0.2, 0.25) is 0 Å².